The number of likely N-dealkylation sites (N-methyl/N-ethyl adjacent to an activating group) is 1. The van der Waals surface area contributed by atoms with E-state index in [2.05, 4.69) is 19.2 Å². The third kappa shape index (κ3) is 30.1. The van der Waals surface area contributed by atoms with Gasteiger partial charge in [0.25, 0.3) is 0 Å². The van der Waals surface area contributed by atoms with Crippen LogP contribution in [0.25, 0.3) is 0 Å². The Kier molecular flexibility index (Phi) is 32.8. The van der Waals surface area contributed by atoms with Crippen LogP contribution in [0.3, 0.4) is 0 Å². The van der Waals surface area contributed by atoms with Gasteiger partial charge in [0.2, 0.25) is 0 Å². The van der Waals surface area contributed by atoms with Gasteiger partial charge < -0.3 is 14.8 Å². The molecule has 36 heavy (non-hydrogen) atoms. The summed E-state index contributed by atoms with van der Waals surface area (Å²) < 4.78 is 11.8. The summed E-state index contributed by atoms with van der Waals surface area (Å²) >= 11 is 0. The molecule has 0 aromatic carbocycles. The van der Waals surface area contributed by atoms with Crippen molar-refractivity contribution in [3.63, 3.8) is 0 Å². The highest BCUT2D eigenvalue weighted by molar-refractivity contribution is 4.63. The quantitative estimate of drug-likeness (QED) is 0.0911. The molecule has 0 radical (unpaired) electrons. The molecule has 0 bridgehead atoms. The molecule has 0 rings (SSSR count). The predicted octanol–water partition coefficient (Wildman–Crippen LogP) is 10.4. The maximum absolute atomic E-state index is 5.94. The number of hydrogen-bond donors (Lipinski definition) is 1. The van der Waals surface area contributed by atoms with Gasteiger partial charge in [-0.3, -0.25) is 0 Å². The molecule has 1 atom stereocenters. The summed E-state index contributed by atoms with van der Waals surface area (Å²) in [6.45, 7) is 8.09. The molecule has 0 aliphatic heterocycles. The van der Waals surface area contributed by atoms with Crippen molar-refractivity contribution in [3.8, 4) is 0 Å². The summed E-state index contributed by atoms with van der Waals surface area (Å²) in [6.07, 6.45) is 34.6. The van der Waals surface area contributed by atoms with Gasteiger partial charge in [0, 0.05) is 25.9 Å². The average molecular weight is 512 g/mol. The van der Waals surface area contributed by atoms with E-state index in [9.17, 15) is 0 Å². The minimum Gasteiger partial charge on any atom is -0.381 e. The van der Waals surface area contributed by atoms with Gasteiger partial charge >= 0.3 is 0 Å². The van der Waals surface area contributed by atoms with E-state index in [0.29, 0.717) is 6.04 Å². The Morgan fingerprint density at radius 2 is 0.750 bits per heavy atom. The van der Waals surface area contributed by atoms with E-state index < -0.39 is 0 Å². The van der Waals surface area contributed by atoms with E-state index in [4.69, 9.17) is 9.47 Å². The van der Waals surface area contributed by atoms with Crippen molar-refractivity contribution in [1.82, 2.24) is 5.32 Å². The fraction of sp³-hybridized carbons (Fsp3) is 1.00. The topological polar surface area (TPSA) is 30.5 Å². The maximum Gasteiger partial charge on any atom is 0.0620 e. The van der Waals surface area contributed by atoms with Gasteiger partial charge in [-0.25, -0.2) is 0 Å². The lowest BCUT2D eigenvalue weighted by atomic mass is 10.1. The van der Waals surface area contributed by atoms with Crippen molar-refractivity contribution in [1.29, 1.82) is 0 Å². The van der Waals surface area contributed by atoms with Gasteiger partial charge in [-0.1, -0.05) is 155 Å². The molecule has 0 fully saturated rings. The first kappa shape index (κ1) is 35.9. The lowest BCUT2D eigenvalue weighted by Gasteiger charge is -2.16. The highest BCUT2D eigenvalue weighted by Crippen LogP contribution is 2.13. The lowest BCUT2D eigenvalue weighted by molar-refractivity contribution is 0.0815. The third-order valence-corrected chi connectivity index (χ3v) is 7.62. The molecule has 0 aliphatic carbocycles. The zero-order valence-electron chi connectivity index (χ0n) is 25.4. The van der Waals surface area contributed by atoms with Crippen LogP contribution in [0.5, 0.6) is 0 Å². The van der Waals surface area contributed by atoms with Crippen molar-refractivity contribution in [3.05, 3.63) is 0 Å². The molecule has 0 aromatic rings. The Balaban J connectivity index is 3.25. The molecule has 0 saturated heterocycles. The van der Waals surface area contributed by atoms with Crippen LogP contribution in [0.15, 0.2) is 0 Å². The van der Waals surface area contributed by atoms with E-state index in [0.717, 1.165) is 32.8 Å². The molecular weight excluding hydrogens is 442 g/mol. The molecule has 3 nitrogen and oxygen atoms in total. The van der Waals surface area contributed by atoms with Crippen LogP contribution in [-0.2, 0) is 9.47 Å². The number of unbranched alkanes of at least 4 members (excludes halogenated alkanes) is 22. The summed E-state index contributed by atoms with van der Waals surface area (Å²) in [5.41, 5.74) is 0. The van der Waals surface area contributed by atoms with Crippen LogP contribution in [0, 0.1) is 0 Å². The van der Waals surface area contributed by atoms with Gasteiger partial charge in [-0.2, -0.15) is 0 Å². The second kappa shape index (κ2) is 32.9. The third-order valence-electron chi connectivity index (χ3n) is 7.62. The largest absolute Gasteiger partial charge is 0.381 e. The van der Waals surface area contributed by atoms with Crippen molar-refractivity contribution < 1.29 is 9.47 Å². The summed E-state index contributed by atoms with van der Waals surface area (Å²) in [5.74, 6) is 0. The minimum absolute atomic E-state index is 0.421. The van der Waals surface area contributed by atoms with Crippen LogP contribution in [0.4, 0.5) is 0 Å². The van der Waals surface area contributed by atoms with Gasteiger partial charge in [0.15, 0.2) is 0 Å². The maximum atomic E-state index is 5.94. The van der Waals surface area contributed by atoms with E-state index in [1.807, 2.05) is 7.05 Å². The summed E-state index contributed by atoms with van der Waals surface area (Å²) in [7, 11) is 2.04. The van der Waals surface area contributed by atoms with E-state index in [1.54, 1.807) is 0 Å². The number of hydrogen-bond acceptors (Lipinski definition) is 3. The second-order valence-electron chi connectivity index (χ2n) is 11.2. The van der Waals surface area contributed by atoms with Gasteiger partial charge in [-0.15, -0.1) is 0 Å². The number of ether oxygens (including phenoxy) is 2. The molecular formula is C33H69NO2. The zero-order chi connectivity index (χ0) is 26.2. The summed E-state index contributed by atoms with van der Waals surface area (Å²) in [5, 5.41) is 3.39. The number of nitrogens with one attached hydrogen (secondary N) is 1. The van der Waals surface area contributed by atoms with E-state index in [1.165, 1.54) is 154 Å². The minimum atomic E-state index is 0.421. The molecule has 0 saturated carbocycles. The Morgan fingerprint density at radius 3 is 1.11 bits per heavy atom. The average Bonchev–Trinajstić information content (AvgIpc) is 2.89. The van der Waals surface area contributed by atoms with Gasteiger partial charge in [0.05, 0.1) is 6.61 Å². The van der Waals surface area contributed by atoms with Crippen LogP contribution in [-0.4, -0.2) is 39.5 Å². The van der Waals surface area contributed by atoms with Gasteiger partial charge in [-0.05, 0) is 26.3 Å². The Morgan fingerprint density at radius 1 is 0.417 bits per heavy atom. The van der Waals surface area contributed by atoms with E-state index in [-0.39, 0.29) is 0 Å². The second-order valence-corrected chi connectivity index (χ2v) is 11.2. The van der Waals surface area contributed by atoms with Crippen LogP contribution in [0.2, 0.25) is 0 Å². The van der Waals surface area contributed by atoms with Crippen molar-refractivity contribution >= 4 is 0 Å². The molecule has 0 aromatic heterocycles. The standard InChI is InChI=1S/C33H69NO2/c1-4-6-8-10-12-14-16-18-20-22-24-26-29-35-31-28-33(34-3)32-36-30-27-25-23-21-19-17-15-13-11-9-7-5-2/h33-34H,4-32H2,1-3H3. The first-order valence-corrected chi connectivity index (χ1v) is 16.7. The Hall–Kier alpha value is -0.120. The van der Waals surface area contributed by atoms with Gasteiger partial charge in [0.1, 0.15) is 0 Å². The zero-order valence-corrected chi connectivity index (χ0v) is 25.4. The van der Waals surface area contributed by atoms with E-state index >= 15 is 0 Å². The normalized spacial score (nSPS) is 12.4. The van der Waals surface area contributed by atoms with Crippen LogP contribution in [0.1, 0.15) is 174 Å². The fourth-order valence-corrected chi connectivity index (χ4v) is 4.95. The Labute approximate surface area is 228 Å². The molecule has 1 unspecified atom stereocenters. The van der Waals surface area contributed by atoms with Crippen LogP contribution >= 0.6 is 0 Å². The molecule has 218 valence electrons. The van der Waals surface area contributed by atoms with Crippen molar-refractivity contribution in [2.45, 2.75) is 180 Å². The SMILES string of the molecule is CCCCCCCCCCCCCCOCCC(COCCCCCCCCCCCCCC)NC. The number of rotatable bonds is 32. The van der Waals surface area contributed by atoms with Crippen molar-refractivity contribution in [2.24, 2.45) is 0 Å². The molecule has 0 spiro atoms. The lowest BCUT2D eigenvalue weighted by Crippen LogP contribution is -2.31. The molecule has 3 heteroatoms. The smallest absolute Gasteiger partial charge is 0.0620 e. The molecule has 0 heterocycles. The summed E-state index contributed by atoms with van der Waals surface area (Å²) in [4.78, 5) is 0. The van der Waals surface area contributed by atoms with Crippen molar-refractivity contribution in [2.75, 3.05) is 33.5 Å². The Bertz CT molecular complexity index is 377. The van der Waals surface area contributed by atoms with Crippen LogP contribution < -0.4 is 5.32 Å². The molecule has 0 amide bonds. The fourth-order valence-electron chi connectivity index (χ4n) is 4.95. The molecule has 1 N–H and O–H groups in total. The monoisotopic (exact) mass is 512 g/mol. The highest BCUT2D eigenvalue weighted by atomic mass is 16.5. The first-order chi connectivity index (χ1) is 17.8. The molecule has 0 aliphatic rings. The first-order valence-electron chi connectivity index (χ1n) is 16.7. The summed E-state index contributed by atoms with van der Waals surface area (Å²) in [6, 6.07) is 0.421. The highest BCUT2D eigenvalue weighted by Gasteiger charge is 2.06. The predicted molar refractivity (Wildman–Crippen MR) is 161 cm³/mol.